The molecule has 108 valence electrons. The highest BCUT2D eigenvalue weighted by Crippen LogP contribution is 2.30. The van der Waals surface area contributed by atoms with Gasteiger partial charge in [0.15, 0.2) is 4.21 Å². The van der Waals surface area contributed by atoms with E-state index in [-0.39, 0.29) is 9.90 Å². The molecule has 0 aromatic carbocycles. The van der Waals surface area contributed by atoms with Gasteiger partial charge in [-0.15, -0.1) is 11.3 Å². The molecule has 2 heterocycles. The fourth-order valence-electron chi connectivity index (χ4n) is 1.30. The number of pyridine rings is 1. The smallest absolute Gasteiger partial charge is 0.277 e. The number of nitrogens with one attached hydrogen (secondary N) is 1. The van der Waals surface area contributed by atoms with E-state index in [0.29, 0.717) is 10.5 Å². The Balaban J connectivity index is 2.25. The van der Waals surface area contributed by atoms with Crippen molar-refractivity contribution in [2.45, 2.75) is 10.4 Å². The fourth-order valence-corrected chi connectivity index (χ4v) is 4.68. The van der Waals surface area contributed by atoms with Crippen LogP contribution in [0.3, 0.4) is 0 Å². The molecular formula is C10H6BrF3N2O2S2. The highest BCUT2D eigenvalue weighted by Gasteiger charge is 2.32. The minimum atomic E-state index is -4.56. The standard InChI is InChI=1S/C10H6BrF3N2O2S2/c11-7-3-4-19-9(7)20(17,18)16-6-1-2-8(15-5-6)10(12,13)14/h1-5,16H. The molecule has 10 heteroatoms. The normalized spacial score (nSPS) is 12.4. The van der Waals surface area contributed by atoms with E-state index in [1.165, 1.54) is 0 Å². The van der Waals surface area contributed by atoms with Crippen LogP contribution in [0.1, 0.15) is 5.69 Å². The quantitative estimate of drug-likeness (QED) is 0.874. The van der Waals surface area contributed by atoms with E-state index in [2.05, 4.69) is 25.6 Å². The molecule has 0 aliphatic carbocycles. The van der Waals surface area contributed by atoms with Gasteiger partial charge in [-0.3, -0.25) is 4.72 Å². The summed E-state index contributed by atoms with van der Waals surface area (Å²) in [5, 5.41) is 1.57. The molecule has 0 aliphatic rings. The van der Waals surface area contributed by atoms with E-state index in [1.54, 1.807) is 11.4 Å². The number of halogens is 4. The Hall–Kier alpha value is -1.13. The summed E-state index contributed by atoms with van der Waals surface area (Å²) in [6.45, 7) is 0. The van der Waals surface area contributed by atoms with Gasteiger partial charge in [-0.25, -0.2) is 13.4 Å². The average molecular weight is 387 g/mol. The molecule has 0 radical (unpaired) electrons. The molecule has 1 N–H and O–H groups in total. The number of aromatic nitrogens is 1. The molecule has 0 aliphatic heterocycles. The van der Waals surface area contributed by atoms with E-state index in [4.69, 9.17) is 0 Å². The van der Waals surface area contributed by atoms with Crippen molar-refractivity contribution in [1.82, 2.24) is 4.98 Å². The van der Waals surface area contributed by atoms with E-state index in [9.17, 15) is 21.6 Å². The molecule has 4 nitrogen and oxygen atoms in total. The first-order valence-electron chi connectivity index (χ1n) is 4.99. The van der Waals surface area contributed by atoms with Gasteiger partial charge in [-0.05, 0) is 39.5 Å². The predicted molar refractivity (Wildman–Crippen MR) is 72.1 cm³/mol. The van der Waals surface area contributed by atoms with Gasteiger partial charge in [0.05, 0.1) is 11.9 Å². The zero-order valence-corrected chi connectivity index (χ0v) is 12.7. The summed E-state index contributed by atoms with van der Waals surface area (Å²) in [5.74, 6) is 0. The van der Waals surface area contributed by atoms with Crippen LogP contribution in [0.25, 0.3) is 0 Å². The Morgan fingerprint density at radius 3 is 2.40 bits per heavy atom. The molecule has 0 atom stereocenters. The molecule has 2 aromatic heterocycles. The third-order valence-corrected chi connectivity index (χ3v) is 6.19. The molecule has 0 amide bonds. The highest BCUT2D eigenvalue weighted by molar-refractivity contribution is 9.10. The molecule has 0 unspecified atom stereocenters. The van der Waals surface area contributed by atoms with Gasteiger partial charge in [-0.1, -0.05) is 0 Å². The van der Waals surface area contributed by atoms with Crippen LogP contribution in [-0.2, 0) is 16.2 Å². The lowest BCUT2D eigenvalue weighted by Gasteiger charge is -2.08. The monoisotopic (exact) mass is 386 g/mol. The third kappa shape index (κ3) is 3.30. The molecule has 2 aromatic rings. The number of rotatable bonds is 3. The molecule has 0 saturated carbocycles. The number of nitrogens with zero attached hydrogens (tertiary/aromatic N) is 1. The van der Waals surface area contributed by atoms with Gasteiger partial charge < -0.3 is 0 Å². The summed E-state index contributed by atoms with van der Waals surface area (Å²) in [4.78, 5) is 3.18. The number of hydrogen-bond acceptors (Lipinski definition) is 4. The number of thiophene rings is 1. The summed E-state index contributed by atoms with van der Waals surface area (Å²) in [7, 11) is -3.85. The van der Waals surface area contributed by atoms with Gasteiger partial charge in [0, 0.05) is 4.47 Å². The van der Waals surface area contributed by atoms with Crippen molar-refractivity contribution >= 4 is 43.0 Å². The lowest BCUT2D eigenvalue weighted by atomic mass is 10.3. The number of hydrogen-bond donors (Lipinski definition) is 1. The zero-order valence-electron chi connectivity index (χ0n) is 9.48. The van der Waals surface area contributed by atoms with E-state index in [0.717, 1.165) is 23.6 Å². The van der Waals surface area contributed by atoms with Crippen molar-refractivity contribution in [2.75, 3.05) is 4.72 Å². The number of sulfonamides is 1. The molecule has 0 saturated heterocycles. The van der Waals surface area contributed by atoms with Crippen molar-refractivity contribution in [1.29, 1.82) is 0 Å². The Morgan fingerprint density at radius 1 is 1.25 bits per heavy atom. The number of alkyl halides is 3. The van der Waals surface area contributed by atoms with Crippen molar-refractivity contribution in [2.24, 2.45) is 0 Å². The van der Waals surface area contributed by atoms with Crippen LogP contribution in [0.15, 0.2) is 38.5 Å². The Bertz CT molecular complexity index is 711. The Morgan fingerprint density at radius 2 is 1.95 bits per heavy atom. The maximum Gasteiger partial charge on any atom is 0.433 e. The topological polar surface area (TPSA) is 59.1 Å². The van der Waals surface area contributed by atoms with Gasteiger partial charge >= 0.3 is 6.18 Å². The van der Waals surface area contributed by atoms with Crippen molar-refractivity contribution in [3.05, 3.63) is 39.9 Å². The fraction of sp³-hybridized carbons (Fsp3) is 0.100. The number of anilines is 1. The first-order chi connectivity index (χ1) is 9.20. The maximum absolute atomic E-state index is 12.3. The minimum Gasteiger partial charge on any atom is -0.277 e. The Kier molecular flexibility index (Phi) is 4.07. The van der Waals surface area contributed by atoms with Crippen LogP contribution in [0, 0.1) is 0 Å². The van der Waals surface area contributed by atoms with Crippen LogP contribution in [-0.4, -0.2) is 13.4 Å². The van der Waals surface area contributed by atoms with E-state index >= 15 is 0 Å². The van der Waals surface area contributed by atoms with Crippen LogP contribution < -0.4 is 4.72 Å². The molecule has 0 spiro atoms. The van der Waals surface area contributed by atoms with Crippen molar-refractivity contribution < 1.29 is 21.6 Å². The van der Waals surface area contributed by atoms with Crippen LogP contribution in [0.4, 0.5) is 18.9 Å². The van der Waals surface area contributed by atoms with E-state index in [1.807, 2.05) is 0 Å². The second-order valence-electron chi connectivity index (χ2n) is 3.59. The molecule has 0 bridgehead atoms. The summed E-state index contributed by atoms with van der Waals surface area (Å²) in [6.07, 6.45) is -3.74. The van der Waals surface area contributed by atoms with Crippen LogP contribution >= 0.6 is 27.3 Å². The van der Waals surface area contributed by atoms with Crippen LogP contribution in [0.5, 0.6) is 0 Å². The zero-order chi connectivity index (χ0) is 15.0. The third-order valence-electron chi connectivity index (χ3n) is 2.13. The van der Waals surface area contributed by atoms with Gasteiger partial charge in [-0.2, -0.15) is 13.2 Å². The molecule has 20 heavy (non-hydrogen) atoms. The largest absolute Gasteiger partial charge is 0.433 e. The second-order valence-corrected chi connectivity index (χ2v) is 7.24. The minimum absolute atomic E-state index is 0.0393. The van der Waals surface area contributed by atoms with Crippen LogP contribution in [0.2, 0.25) is 0 Å². The predicted octanol–water partition coefficient (Wildman–Crippen LogP) is 3.73. The highest BCUT2D eigenvalue weighted by atomic mass is 79.9. The van der Waals surface area contributed by atoms with Crippen molar-refractivity contribution in [3.63, 3.8) is 0 Å². The summed E-state index contributed by atoms with van der Waals surface area (Å²) < 4.78 is 63.5. The second kappa shape index (κ2) is 5.34. The first-order valence-corrected chi connectivity index (χ1v) is 8.15. The molecule has 2 rings (SSSR count). The SMILES string of the molecule is O=S(=O)(Nc1ccc(C(F)(F)F)nc1)c1sccc1Br. The molecular weight excluding hydrogens is 381 g/mol. The van der Waals surface area contributed by atoms with E-state index < -0.39 is 21.9 Å². The summed E-state index contributed by atoms with van der Waals surface area (Å²) in [6, 6.07) is 3.28. The van der Waals surface area contributed by atoms with Gasteiger partial charge in [0.2, 0.25) is 0 Å². The average Bonchev–Trinajstić information content (AvgIpc) is 2.75. The first kappa shape index (κ1) is 15.3. The lowest BCUT2D eigenvalue weighted by Crippen LogP contribution is -2.13. The summed E-state index contributed by atoms with van der Waals surface area (Å²) >= 11 is 4.07. The lowest BCUT2D eigenvalue weighted by molar-refractivity contribution is -0.141. The maximum atomic E-state index is 12.3. The van der Waals surface area contributed by atoms with Gasteiger partial charge in [0.25, 0.3) is 10.0 Å². The Labute approximate surface area is 124 Å². The van der Waals surface area contributed by atoms with Gasteiger partial charge in [0.1, 0.15) is 5.69 Å². The molecule has 0 fully saturated rings. The summed E-state index contributed by atoms with van der Waals surface area (Å²) in [5.41, 5.74) is -1.13. The van der Waals surface area contributed by atoms with Crippen molar-refractivity contribution in [3.8, 4) is 0 Å².